The van der Waals surface area contributed by atoms with Gasteiger partial charge in [-0.25, -0.2) is 0 Å². The minimum Gasteiger partial charge on any atom is -0.310 e. The van der Waals surface area contributed by atoms with Crippen LogP contribution in [0, 0.1) is 5.92 Å². The standard InChI is InChI=1S/C13H18ClN/c1-10(15-9-11-5-4-6-11)12-7-2-3-8-13(12)14/h2-3,7-8,10-11,15H,4-6,9H2,1H3/t10-/m0/s1. The molecule has 82 valence electrons. The molecule has 1 fully saturated rings. The van der Waals surface area contributed by atoms with E-state index in [9.17, 15) is 0 Å². The lowest BCUT2D eigenvalue weighted by atomic mass is 9.85. The molecule has 0 amide bonds. The van der Waals surface area contributed by atoms with Crippen molar-refractivity contribution in [3.05, 3.63) is 34.9 Å². The van der Waals surface area contributed by atoms with Crippen LogP contribution in [0.4, 0.5) is 0 Å². The molecule has 1 aliphatic carbocycles. The van der Waals surface area contributed by atoms with E-state index in [0.717, 1.165) is 17.5 Å². The van der Waals surface area contributed by atoms with Gasteiger partial charge in [-0.1, -0.05) is 36.2 Å². The highest BCUT2D eigenvalue weighted by Crippen LogP contribution is 2.27. The molecule has 0 aliphatic heterocycles. The highest BCUT2D eigenvalue weighted by molar-refractivity contribution is 6.31. The highest BCUT2D eigenvalue weighted by atomic mass is 35.5. The topological polar surface area (TPSA) is 12.0 Å². The van der Waals surface area contributed by atoms with Crippen molar-refractivity contribution in [2.24, 2.45) is 5.92 Å². The molecular formula is C13H18ClN. The van der Waals surface area contributed by atoms with E-state index in [0.29, 0.717) is 6.04 Å². The second-order valence-electron chi connectivity index (χ2n) is 4.45. The fourth-order valence-corrected chi connectivity index (χ4v) is 2.28. The molecule has 0 unspecified atom stereocenters. The molecule has 1 aromatic rings. The van der Waals surface area contributed by atoms with Gasteiger partial charge in [0.05, 0.1) is 0 Å². The summed E-state index contributed by atoms with van der Waals surface area (Å²) in [5, 5.41) is 4.42. The number of rotatable bonds is 4. The van der Waals surface area contributed by atoms with Crippen molar-refractivity contribution in [2.45, 2.75) is 32.2 Å². The van der Waals surface area contributed by atoms with Crippen molar-refractivity contribution < 1.29 is 0 Å². The molecule has 0 saturated heterocycles. The summed E-state index contributed by atoms with van der Waals surface area (Å²) in [5.41, 5.74) is 1.21. The van der Waals surface area contributed by atoms with Crippen molar-refractivity contribution in [1.82, 2.24) is 5.32 Å². The Morgan fingerprint density at radius 1 is 1.40 bits per heavy atom. The van der Waals surface area contributed by atoms with E-state index in [4.69, 9.17) is 11.6 Å². The lowest BCUT2D eigenvalue weighted by Crippen LogP contribution is -2.29. The molecular weight excluding hydrogens is 206 g/mol. The zero-order valence-electron chi connectivity index (χ0n) is 9.17. The molecule has 1 aromatic carbocycles. The maximum absolute atomic E-state index is 6.14. The fraction of sp³-hybridized carbons (Fsp3) is 0.538. The van der Waals surface area contributed by atoms with Crippen LogP contribution in [0.3, 0.4) is 0 Å². The van der Waals surface area contributed by atoms with Gasteiger partial charge >= 0.3 is 0 Å². The fourth-order valence-electron chi connectivity index (χ4n) is 1.98. The van der Waals surface area contributed by atoms with E-state index >= 15 is 0 Å². The van der Waals surface area contributed by atoms with Gasteiger partial charge in [0.1, 0.15) is 0 Å². The molecule has 1 aliphatic rings. The third kappa shape index (κ3) is 2.73. The molecule has 1 atom stereocenters. The van der Waals surface area contributed by atoms with E-state index in [1.807, 2.05) is 18.2 Å². The molecule has 2 rings (SSSR count). The Bertz CT molecular complexity index is 320. The summed E-state index contributed by atoms with van der Waals surface area (Å²) in [6.45, 7) is 3.31. The molecule has 2 heteroatoms. The Kier molecular flexibility index (Phi) is 3.66. The zero-order valence-corrected chi connectivity index (χ0v) is 9.93. The smallest absolute Gasteiger partial charge is 0.0453 e. The van der Waals surface area contributed by atoms with Crippen molar-refractivity contribution in [1.29, 1.82) is 0 Å². The van der Waals surface area contributed by atoms with Crippen molar-refractivity contribution in [3.8, 4) is 0 Å². The molecule has 1 saturated carbocycles. The van der Waals surface area contributed by atoms with E-state index in [2.05, 4.69) is 18.3 Å². The van der Waals surface area contributed by atoms with E-state index in [1.165, 1.54) is 24.8 Å². The first kappa shape index (κ1) is 11.0. The molecule has 0 aromatic heterocycles. The van der Waals surface area contributed by atoms with Crippen molar-refractivity contribution in [2.75, 3.05) is 6.54 Å². The van der Waals surface area contributed by atoms with Gasteiger partial charge in [0, 0.05) is 11.1 Å². The Labute approximate surface area is 96.8 Å². The number of hydrogen-bond acceptors (Lipinski definition) is 1. The summed E-state index contributed by atoms with van der Waals surface area (Å²) < 4.78 is 0. The molecule has 1 N–H and O–H groups in total. The molecule has 0 radical (unpaired) electrons. The van der Waals surface area contributed by atoms with Gasteiger partial charge in [-0.2, -0.15) is 0 Å². The van der Waals surface area contributed by atoms with Crippen LogP contribution in [0.2, 0.25) is 5.02 Å². The Hall–Kier alpha value is -0.530. The average molecular weight is 224 g/mol. The average Bonchev–Trinajstić information content (AvgIpc) is 2.16. The Balaban J connectivity index is 1.89. The van der Waals surface area contributed by atoms with E-state index in [1.54, 1.807) is 0 Å². The Morgan fingerprint density at radius 2 is 2.13 bits per heavy atom. The third-order valence-electron chi connectivity index (χ3n) is 3.31. The van der Waals surface area contributed by atoms with Gasteiger partial charge in [0.2, 0.25) is 0 Å². The van der Waals surface area contributed by atoms with E-state index in [-0.39, 0.29) is 0 Å². The van der Waals surface area contributed by atoms with Crippen LogP contribution in [0.25, 0.3) is 0 Å². The van der Waals surface area contributed by atoms with Gasteiger partial charge in [-0.05, 0) is 43.9 Å². The highest BCUT2D eigenvalue weighted by Gasteiger charge is 2.18. The summed E-state index contributed by atoms with van der Waals surface area (Å²) in [5.74, 6) is 0.898. The number of nitrogens with one attached hydrogen (secondary N) is 1. The van der Waals surface area contributed by atoms with Gasteiger partial charge in [-0.3, -0.25) is 0 Å². The second-order valence-corrected chi connectivity index (χ2v) is 4.86. The molecule has 1 nitrogen and oxygen atoms in total. The van der Waals surface area contributed by atoms with Crippen LogP contribution in [0.15, 0.2) is 24.3 Å². The first-order chi connectivity index (χ1) is 7.27. The summed E-state index contributed by atoms with van der Waals surface area (Å²) in [6, 6.07) is 8.44. The minimum absolute atomic E-state index is 0.360. The maximum atomic E-state index is 6.14. The first-order valence-corrected chi connectivity index (χ1v) is 6.13. The number of benzene rings is 1. The monoisotopic (exact) mass is 223 g/mol. The first-order valence-electron chi connectivity index (χ1n) is 5.75. The normalized spacial score (nSPS) is 18.5. The largest absolute Gasteiger partial charge is 0.310 e. The van der Waals surface area contributed by atoms with Crippen LogP contribution >= 0.6 is 11.6 Å². The van der Waals surface area contributed by atoms with Gasteiger partial charge in [-0.15, -0.1) is 0 Å². The number of halogens is 1. The summed E-state index contributed by atoms with van der Waals surface area (Å²) in [6.07, 6.45) is 4.19. The zero-order chi connectivity index (χ0) is 10.7. The van der Waals surface area contributed by atoms with E-state index < -0.39 is 0 Å². The van der Waals surface area contributed by atoms with Crippen LogP contribution in [-0.2, 0) is 0 Å². The summed E-state index contributed by atoms with van der Waals surface area (Å²) in [7, 11) is 0. The summed E-state index contributed by atoms with van der Waals surface area (Å²) >= 11 is 6.14. The predicted octanol–water partition coefficient (Wildman–Crippen LogP) is 3.79. The van der Waals surface area contributed by atoms with Crippen molar-refractivity contribution in [3.63, 3.8) is 0 Å². The van der Waals surface area contributed by atoms with Crippen LogP contribution < -0.4 is 5.32 Å². The van der Waals surface area contributed by atoms with Gasteiger partial charge < -0.3 is 5.32 Å². The summed E-state index contributed by atoms with van der Waals surface area (Å²) in [4.78, 5) is 0. The van der Waals surface area contributed by atoms with Gasteiger partial charge in [0.25, 0.3) is 0 Å². The minimum atomic E-state index is 0.360. The Morgan fingerprint density at radius 3 is 2.73 bits per heavy atom. The predicted molar refractivity (Wildman–Crippen MR) is 65.2 cm³/mol. The number of hydrogen-bond donors (Lipinski definition) is 1. The molecule has 15 heavy (non-hydrogen) atoms. The third-order valence-corrected chi connectivity index (χ3v) is 3.65. The second kappa shape index (κ2) is 5.00. The SMILES string of the molecule is C[C@H](NCC1CCC1)c1ccccc1Cl. The van der Waals surface area contributed by atoms with Crippen molar-refractivity contribution >= 4 is 11.6 Å². The lowest BCUT2D eigenvalue weighted by Gasteiger charge is -2.27. The lowest BCUT2D eigenvalue weighted by molar-refractivity contribution is 0.292. The van der Waals surface area contributed by atoms with Crippen LogP contribution in [0.1, 0.15) is 37.8 Å². The van der Waals surface area contributed by atoms with Crippen LogP contribution in [-0.4, -0.2) is 6.54 Å². The van der Waals surface area contributed by atoms with Gasteiger partial charge in [0.15, 0.2) is 0 Å². The van der Waals surface area contributed by atoms with Crippen LogP contribution in [0.5, 0.6) is 0 Å². The molecule has 0 heterocycles. The quantitative estimate of drug-likeness (QED) is 0.819. The molecule has 0 bridgehead atoms. The molecule has 0 spiro atoms. The maximum Gasteiger partial charge on any atom is 0.0453 e.